The molecule has 0 N–H and O–H groups in total. The van der Waals surface area contributed by atoms with E-state index in [4.69, 9.17) is 9.47 Å². The molecule has 2 fully saturated rings. The van der Waals surface area contributed by atoms with Crippen LogP contribution in [-0.4, -0.2) is 29.3 Å². The van der Waals surface area contributed by atoms with Gasteiger partial charge in [-0.25, -0.2) is 0 Å². The first-order chi connectivity index (χ1) is 6.74. The second-order valence-electron chi connectivity index (χ2n) is 4.78. The lowest BCUT2D eigenvalue weighted by molar-refractivity contribution is -0.194. The van der Waals surface area contributed by atoms with E-state index in [0.29, 0.717) is 6.10 Å². The smallest absolute Gasteiger partial charge is 0.105 e. The molecule has 3 heteroatoms. The van der Waals surface area contributed by atoms with Gasteiger partial charge < -0.3 is 9.47 Å². The van der Waals surface area contributed by atoms with E-state index in [1.807, 2.05) is 0 Å². The van der Waals surface area contributed by atoms with Crippen LogP contribution in [0.3, 0.4) is 0 Å². The maximum atomic E-state index is 6.18. The highest BCUT2D eigenvalue weighted by Gasteiger charge is 2.38. The molecule has 0 radical (unpaired) electrons. The van der Waals surface area contributed by atoms with Crippen molar-refractivity contribution >= 4 is 22.6 Å². The Hall–Kier alpha value is 0.650. The van der Waals surface area contributed by atoms with Crippen LogP contribution in [-0.2, 0) is 9.47 Å². The average molecular weight is 310 g/mol. The summed E-state index contributed by atoms with van der Waals surface area (Å²) in [5.41, 5.74) is 0.182. The van der Waals surface area contributed by atoms with E-state index in [9.17, 15) is 0 Å². The molecule has 0 aromatic heterocycles. The zero-order valence-corrected chi connectivity index (χ0v) is 11.0. The Balaban J connectivity index is 1.88. The molecule has 2 rings (SSSR count). The summed E-state index contributed by atoms with van der Waals surface area (Å²) < 4.78 is 12.5. The van der Waals surface area contributed by atoms with Crippen molar-refractivity contribution in [1.29, 1.82) is 0 Å². The molecule has 1 heterocycles. The fourth-order valence-corrected chi connectivity index (χ4v) is 3.15. The Morgan fingerprint density at radius 2 is 2.00 bits per heavy atom. The van der Waals surface area contributed by atoms with E-state index in [0.717, 1.165) is 23.6 Å². The summed E-state index contributed by atoms with van der Waals surface area (Å²) in [7, 11) is 0. The van der Waals surface area contributed by atoms with Crippen LogP contribution in [0.4, 0.5) is 0 Å². The van der Waals surface area contributed by atoms with Gasteiger partial charge in [0, 0.05) is 4.43 Å². The second kappa shape index (κ2) is 4.66. The fourth-order valence-electron chi connectivity index (χ4n) is 2.21. The lowest BCUT2D eigenvalue weighted by Gasteiger charge is -2.42. The van der Waals surface area contributed by atoms with Crippen LogP contribution in [0.1, 0.15) is 32.6 Å². The Morgan fingerprint density at radius 1 is 1.36 bits per heavy atom. The summed E-state index contributed by atoms with van der Waals surface area (Å²) in [6.07, 6.45) is 5.53. The standard InChI is InChI=1S/C11H19IO2/c1-9-2-4-11(8-12,5-3-9)14-10-6-13-7-10/h9-10H,2-8H2,1H3. The minimum absolute atomic E-state index is 0.182. The summed E-state index contributed by atoms with van der Waals surface area (Å²) >= 11 is 2.47. The molecule has 1 aliphatic carbocycles. The van der Waals surface area contributed by atoms with Crippen molar-refractivity contribution in [1.82, 2.24) is 0 Å². The van der Waals surface area contributed by atoms with E-state index >= 15 is 0 Å². The first-order valence-corrected chi connectivity index (χ1v) is 7.08. The van der Waals surface area contributed by atoms with Crippen molar-refractivity contribution in [3.05, 3.63) is 0 Å². The highest BCUT2D eigenvalue weighted by atomic mass is 127. The normalized spacial score (nSPS) is 39.4. The van der Waals surface area contributed by atoms with Crippen molar-refractivity contribution < 1.29 is 9.47 Å². The Morgan fingerprint density at radius 3 is 2.43 bits per heavy atom. The molecular weight excluding hydrogens is 291 g/mol. The lowest BCUT2D eigenvalue weighted by Crippen LogP contribution is -2.48. The third-order valence-electron chi connectivity index (χ3n) is 3.45. The Kier molecular flexibility index (Phi) is 3.71. The van der Waals surface area contributed by atoms with Gasteiger partial charge in [-0.3, -0.25) is 0 Å². The third-order valence-corrected chi connectivity index (χ3v) is 4.84. The SMILES string of the molecule is CC1CCC(CI)(OC2COC2)CC1. The molecule has 2 aliphatic rings. The lowest BCUT2D eigenvalue weighted by atomic mass is 9.80. The van der Waals surface area contributed by atoms with Crippen LogP contribution in [0.15, 0.2) is 0 Å². The molecule has 0 bridgehead atoms. The molecule has 1 saturated heterocycles. The van der Waals surface area contributed by atoms with Gasteiger partial charge in [-0.15, -0.1) is 0 Å². The van der Waals surface area contributed by atoms with E-state index in [-0.39, 0.29) is 5.60 Å². The maximum absolute atomic E-state index is 6.18. The zero-order chi connectivity index (χ0) is 10.0. The average Bonchev–Trinajstić information content (AvgIpc) is 2.15. The predicted molar refractivity (Wildman–Crippen MR) is 64.9 cm³/mol. The summed E-state index contributed by atoms with van der Waals surface area (Å²) in [5, 5.41) is 0. The van der Waals surface area contributed by atoms with Gasteiger partial charge in [-0.05, 0) is 31.6 Å². The fraction of sp³-hybridized carbons (Fsp3) is 1.00. The number of alkyl halides is 1. The molecule has 82 valence electrons. The second-order valence-corrected chi connectivity index (χ2v) is 5.54. The third kappa shape index (κ3) is 2.42. The van der Waals surface area contributed by atoms with Gasteiger partial charge in [0.15, 0.2) is 0 Å². The van der Waals surface area contributed by atoms with Crippen molar-refractivity contribution in [2.24, 2.45) is 5.92 Å². The molecule has 0 atom stereocenters. The van der Waals surface area contributed by atoms with Crippen LogP contribution < -0.4 is 0 Å². The molecule has 0 unspecified atom stereocenters. The van der Waals surface area contributed by atoms with E-state index in [2.05, 4.69) is 29.5 Å². The van der Waals surface area contributed by atoms with E-state index < -0.39 is 0 Å². The summed E-state index contributed by atoms with van der Waals surface area (Å²) in [6.45, 7) is 3.98. The van der Waals surface area contributed by atoms with Crippen LogP contribution in [0.2, 0.25) is 0 Å². The van der Waals surface area contributed by atoms with Gasteiger partial charge in [0.05, 0.1) is 18.8 Å². The molecule has 0 aromatic carbocycles. The van der Waals surface area contributed by atoms with Gasteiger partial charge in [-0.1, -0.05) is 29.5 Å². The summed E-state index contributed by atoms with van der Waals surface area (Å²) in [4.78, 5) is 0. The molecule has 0 amide bonds. The largest absolute Gasteiger partial charge is 0.376 e. The molecule has 1 aliphatic heterocycles. The van der Waals surface area contributed by atoms with Crippen molar-refractivity contribution in [2.45, 2.75) is 44.3 Å². The topological polar surface area (TPSA) is 18.5 Å². The number of rotatable bonds is 3. The van der Waals surface area contributed by atoms with Gasteiger partial charge in [-0.2, -0.15) is 0 Å². The van der Waals surface area contributed by atoms with Crippen LogP contribution >= 0.6 is 22.6 Å². The summed E-state index contributed by atoms with van der Waals surface area (Å²) in [5.74, 6) is 0.896. The van der Waals surface area contributed by atoms with Crippen LogP contribution in [0, 0.1) is 5.92 Å². The van der Waals surface area contributed by atoms with Crippen molar-refractivity contribution in [2.75, 3.05) is 17.6 Å². The monoisotopic (exact) mass is 310 g/mol. The maximum Gasteiger partial charge on any atom is 0.105 e. The van der Waals surface area contributed by atoms with Crippen LogP contribution in [0.5, 0.6) is 0 Å². The molecular formula is C11H19IO2. The van der Waals surface area contributed by atoms with Crippen molar-refractivity contribution in [3.8, 4) is 0 Å². The molecule has 0 spiro atoms. The number of halogens is 1. The first-order valence-electron chi connectivity index (χ1n) is 5.56. The predicted octanol–water partition coefficient (Wildman–Crippen LogP) is 2.79. The van der Waals surface area contributed by atoms with E-state index in [1.165, 1.54) is 25.7 Å². The Labute approximate surface area is 99.9 Å². The molecule has 0 aromatic rings. The quantitative estimate of drug-likeness (QED) is 0.589. The van der Waals surface area contributed by atoms with Crippen molar-refractivity contribution in [3.63, 3.8) is 0 Å². The van der Waals surface area contributed by atoms with E-state index in [1.54, 1.807) is 0 Å². The number of ether oxygens (including phenoxy) is 2. The first kappa shape index (κ1) is 11.1. The van der Waals surface area contributed by atoms with Crippen LogP contribution in [0.25, 0.3) is 0 Å². The molecule has 2 nitrogen and oxygen atoms in total. The number of hydrogen-bond acceptors (Lipinski definition) is 2. The van der Waals surface area contributed by atoms with Gasteiger partial charge >= 0.3 is 0 Å². The Bertz CT molecular complexity index is 184. The minimum atomic E-state index is 0.182. The highest BCUT2D eigenvalue weighted by Crippen LogP contribution is 2.37. The van der Waals surface area contributed by atoms with Gasteiger partial charge in [0.2, 0.25) is 0 Å². The summed E-state index contributed by atoms with van der Waals surface area (Å²) in [6, 6.07) is 0. The molecule has 14 heavy (non-hydrogen) atoms. The highest BCUT2D eigenvalue weighted by molar-refractivity contribution is 14.1. The van der Waals surface area contributed by atoms with Gasteiger partial charge in [0.25, 0.3) is 0 Å². The minimum Gasteiger partial charge on any atom is -0.376 e. The number of hydrogen-bond donors (Lipinski definition) is 0. The van der Waals surface area contributed by atoms with Gasteiger partial charge in [0.1, 0.15) is 6.10 Å². The molecule has 1 saturated carbocycles. The zero-order valence-electron chi connectivity index (χ0n) is 8.80.